The summed E-state index contributed by atoms with van der Waals surface area (Å²) in [5, 5.41) is 0. The third kappa shape index (κ3) is 4.48. The third-order valence-corrected chi connectivity index (χ3v) is 4.70. The number of rotatable bonds is 6. The van der Waals surface area contributed by atoms with Crippen LogP contribution in [0.5, 0.6) is 17.4 Å². The SMILES string of the molecule is COc1ccc(CN2CC(COc3ccccc3)Oc3ncccc3C2=O)cc1. The molecule has 1 aromatic heterocycles. The van der Waals surface area contributed by atoms with Gasteiger partial charge in [-0.05, 0) is 42.0 Å². The summed E-state index contributed by atoms with van der Waals surface area (Å²) in [4.78, 5) is 19.2. The summed E-state index contributed by atoms with van der Waals surface area (Å²) in [5.41, 5.74) is 1.47. The molecule has 0 fully saturated rings. The van der Waals surface area contributed by atoms with Crippen molar-refractivity contribution in [2.24, 2.45) is 0 Å². The van der Waals surface area contributed by atoms with Gasteiger partial charge in [-0.25, -0.2) is 4.98 Å². The van der Waals surface area contributed by atoms with E-state index in [9.17, 15) is 4.79 Å². The lowest BCUT2D eigenvalue weighted by Gasteiger charge is -2.24. The predicted molar refractivity (Wildman–Crippen MR) is 108 cm³/mol. The number of para-hydroxylation sites is 1. The predicted octanol–water partition coefficient (Wildman–Crippen LogP) is 3.57. The van der Waals surface area contributed by atoms with Crippen LogP contribution in [0.1, 0.15) is 15.9 Å². The molecule has 1 aliphatic heterocycles. The first-order valence-corrected chi connectivity index (χ1v) is 9.44. The number of aromatic nitrogens is 1. The summed E-state index contributed by atoms with van der Waals surface area (Å²) < 4.78 is 17.1. The summed E-state index contributed by atoms with van der Waals surface area (Å²) in [5.74, 6) is 1.78. The first kappa shape index (κ1) is 18.8. The quantitative estimate of drug-likeness (QED) is 0.644. The maximum absolute atomic E-state index is 13.1. The Morgan fingerprint density at radius 3 is 2.59 bits per heavy atom. The second kappa shape index (κ2) is 8.65. The van der Waals surface area contributed by atoms with Gasteiger partial charge < -0.3 is 19.1 Å². The van der Waals surface area contributed by atoms with Crippen LogP contribution in [-0.4, -0.2) is 42.2 Å². The molecule has 1 unspecified atom stereocenters. The maximum atomic E-state index is 13.1. The van der Waals surface area contributed by atoms with Gasteiger partial charge in [0.2, 0.25) is 5.88 Å². The highest BCUT2D eigenvalue weighted by molar-refractivity contribution is 5.96. The van der Waals surface area contributed by atoms with Gasteiger partial charge in [0.15, 0.2) is 6.10 Å². The number of pyridine rings is 1. The van der Waals surface area contributed by atoms with Gasteiger partial charge in [0.1, 0.15) is 23.7 Å². The van der Waals surface area contributed by atoms with Crippen molar-refractivity contribution in [3.05, 3.63) is 84.1 Å². The van der Waals surface area contributed by atoms with Crippen molar-refractivity contribution < 1.29 is 19.0 Å². The highest BCUT2D eigenvalue weighted by atomic mass is 16.5. The summed E-state index contributed by atoms with van der Waals surface area (Å²) in [6.45, 7) is 1.17. The van der Waals surface area contributed by atoms with E-state index < -0.39 is 0 Å². The average Bonchev–Trinajstić information content (AvgIpc) is 2.90. The maximum Gasteiger partial charge on any atom is 0.259 e. The third-order valence-electron chi connectivity index (χ3n) is 4.70. The summed E-state index contributed by atoms with van der Waals surface area (Å²) in [6, 6.07) is 20.7. The standard InChI is InChI=1S/C23H22N2O4/c1-27-18-11-9-17(10-12-18)14-25-15-20(16-28-19-6-3-2-4-7-19)29-22-21(23(25)26)8-5-13-24-22/h2-13,20H,14-16H2,1H3. The molecule has 0 saturated heterocycles. The van der Waals surface area contributed by atoms with E-state index in [1.165, 1.54) is 0 Å². The molecule has 0 bridgehead atoms. The number of fused-ring (bicyclic) bond motifs is 1. The summed E-state index contributed by atoms with van der Waals surface area (Å²) in [7, 11) is 1.63. The first-order valence-electron chi connectivity index (χ1n) is 9.44. The molecule has 0 aliphatic carbocycles. The molecular weight excluding hydrogens is 368 g/mol. The molecule has 1 atom stereocenters. The Hall–Kier alpha value is -3.54. The van der Waals surface area contributed by atoms with Crippen LogP contribution in [-0.2, 0) is 6.54 Å². The highest BCUT2D eigenvalue weighted by Crippen LogP contribution is 2.24. The largest absolute Gasteiger partial charge is 0.497 e. The minimum absolute atomic E-state index is 0.105. The lowest BCUT2D eigenvalue weighted by molar-refractivity contribution is 0.0626. The van der Waals surface area contributed by atoms with E-state index in [1.807, 2.05) is 54.6 Å². The molecule has 2 heterocycles. The van der Waals surface area contributed by atoms with Gasteiger partial charge in [0.25, 0.3) is 5.91 Å². The lowest BCUT2D eigenvalue weighted by Crippen LogP contribution is -2.39. The Morgan fingerprint density at radius 2 is 1.83 bits per heavy atom. The highest BCUT2D eigenvalue weighted by Gasteiger charge is 2.30. The van der Waals surface area contributed by atoms with Crippen molar-refractivity contribution in [1.82, 2.24) is 9.88 Å². The zero-order valence-corrected chi connectivity index (χ0v) is 16.2. The molecule has 6 heteroatoms. The van der Waals surface area contributed by atoms with Gasteiger partial charge in [-0.3, -0.25) is 4.79 Å². The van der Waals surface area contributed by atoms with Gasteiger partial charge >= 0.3 is 0 Å². The number of amides is 1. The molecule has 148 valence electrons. The molecule has 29 heavy (non-hydrogen) atoms. The van der Waals surface area contributed by atoms with Crippen LogP contribution in [0.2, 0.25) is 0 Å². The van der Waals surface area contributed by atoms with Crippen LogP contribution in [0, 0.1) is 0 Å². The van der Waals surface area contributed by atoms with Crippen molar-refractivity contribution in [3.8, 4) is 17.4 Å². The molecule has 0 N–H and O–H groups in total. The Bertz CT molecular complexity index is 960. The van der Waals surface area contributed by atoms with Gasteiger partial charge in [0.05, 0.1) is 13.7 Å². The zero-order chi connectivity index (χ0) is 20.1. The van der Waals surface area contributed by atoms with Gasteiger partial charge in [-0.15, -0.1) is 0 Å². The van der Waals surface area contributed by atoms with Crippen molar-refractivity contribution in [2.75, 3.05) is 20.3 Å². The fourth-order valence-corrected chi connectivity index (χ4v) is 3.22. The van der Waals surface area contributed by atoms with Crippen LogP contribution in [0.4, 0.5) is 0 Å². The molecule has 6 nitrogen and oxygen atoms in total. The van der Waals surface area contributed by atoms with Crippen LogP contribution in [0.3, 0.4) is 0 Å². The zero-order valence-electron chi connectivity index (χ0n) is 16.2. The van der Waals surface area contributed by atoms with Crippen LogP contribution < -0.4 is 14.2 Å². The van der Waals surface area contributed by atoms with Crippen molar-refractivity contribution in [2.45, 2.75) is 12.6 Å². The molecule has 1 aliphatic rings. The van der Waals surface area contributed by atoms with Crippen molar-refractivity contribution in [1.29, 1.82) is 0 Å². The molecule has 3 aromatic rings. The van der Waals surface area contributed by atoms with E-state index in [4.69, 9.17) is 14.2 Å². The Labute approximate surface area is 169 Å². The molecule has 0 radical (unpaired) electrons. The Kier molecular flexibility index (Phi) is 5.61. The number of carbonyl (C=O) groups excluding carboxylic acids is 1. The Balaban J connectivity index is 1.54. The average molecular weight is 390 g/mol. The van der Waals surface area contributed by atoms with E-state index in [-0.39, 0.29) is 12.0 Å². The summed E-state index contributed by atoms with van der Waals surface area (Å²) in [6.07, 6.45) is 1.29. The summed E-state index contributed by atoms with van der Waals surface area (Å²) >= 11 is 0. The fraction of sp³-hybridized carbons (Fsp3) is 0.217. The fourth-order valence-electron chi connectivity index (χ4n) is 3.22. The van der Waals surface area contributed by atoms with E-state index in [0.717, 1.165) is 17.1 Å². The number of hydrogen-bond donors (Lipinski definition) is 0. The minimum atomic E-state index is -0.339. The van der Waals surface area contributed by atoms with Gasteiger partial charge in [-0.2, -0.15) is 0 Å². The van der Waals surface area contributed by atoms with E-state index in [1.54, 1.807) is 30.3 Å². The molecule has 2 aromatic carbocycles. The van der Waals surface area contributed by atoms with Crippen LogP contribution in [0.25, 0.3) is 0 Å². The van der Waals surface area contributed by atoms with E-state index in [2.05, 4.69) is 4.98 Å². The molecular formula is C23H22N2O4. The monoisotopic (exact) mass is 390 g/mol. The molecule has 0 spiro atoms. The number of carbonyl (C=O) groups is 1. The van der Waals surface area contributed by atoms with Crippen molar-refractivity contribution in [3.63, 3.8) is 0 Å². The number of methoxy groups -OCH3 is 1. The number of ether oxygens (including phenoxy) is 3. The molecule has 4 rings (SSSR count). The van der Waals surface area contributed by atoms with Crippen molar-refractivity contribution >= 4 is 5.91 Å². The second-order valence-corrected chi connectivity index (χ2v) is 6.75. The number of hydrogen-bond acceptors (Lipinski definition) is 5. The number of nitrogens with zero attached hydrogens (tertiary/aromatic N) is 2. The van der Waals surface area contributed by atoms with E-state index in [0.29, 0.717) is 31.1 Å². The lowest BCUT2D eigenvalue weighted by atomic mass is 10.1. The smallest absolute Gasteiger partial charge is 0.259 e. The van der Waals surface area contributed by atoms with Crippen LogP contribution >= 0.6 is 0 Å². The van der Waals surface area contributed by atoms with E-state index >= 15 is 0 Å². The first-order chi connectivity index (χ1) is 14.2. The van der Waals surface area contributed by atoms with Crippen LogP contribution in [0.15, 0.2) is 72.9 Å². The second-order valence-electron chi connectivity index (χ2n) is 6.75. The van der Waals surface area contributed by atoms with Gasteiger partial charge in [-0.1, -0.05) is 30.3 Å². The molecule has 1 amide bonds. The number of benzene rings is 2. The van der Waals surface area contributed by atoms with Gasteiger partial charge in [0, 0.05) is 12.7 Å². The molecule has 0 saturated carbocycles. The Morgan fingerprint density at radius 1 is 1.03 bits per heavy atom. The normalized spacial score (nSPS) is 15.8. The topological polar surface area (TPSA) is 60.9 Å². The minimum Gasteiger partial charge on any atom is -0.497 e.